The Morgan fingerprint density at radius 2 is 2.12 bits per heavy atom. The summed E-state index contributed by atoms with van der Waals surface area (Å²) in [4.78, 5) is 18.5. The number of carboxylic acid groups (broad SMARTS) is 1. The van der Waals surface area contributed by atoms with Gasteiger partial charge >= 0.3 is 5.97 Å². The summed E-state index contributed by atoms with van der Waals surface area (Å²) in [6, 6.07) is 1.72. The highest BCUT2D eigenvalue weighted by Crippen LogP contribution is 2.04. The van der Waals surface area contributed by atoms with Crippen LogP contribution < -0.4 is 0 Å². The molecule has 0 atom stereocenters. The zero-order chi connectivity index (χ0) is 11.4. The molecule has 0 unspecified atom stereocenters. The minimum atomic E-state index is -0.816. The molecule has 0 saturated carbocycles. The van der Waals surface area contributed by atoms with Gasteiger partial charge in [0.2, 0.25) is 5.95 Å². The highest BCUT2D eigenvalue weighted by atomic mass is 16.4. The topological polar surface area (TPSA) is 80.9 Å². The Hall–Kier alpha value is -2.24. The van der Waals surface area contributed by atoms with E-state index in [1.807, 2.05) is 0 Å². The molecule has 0 aliphatic heterocycles. The SMILES string of the molecule is O=C(O)CCc1cnn(-c2ncccn2)c1. The summed E-state index contributed by atoms with van der Waals surface area (Å²) in [7, 11) is 0. The molecule has 0 amide bonds. The normalized spacial score (nSPS) is 10.2. The van der Waals surface area contributed by atoms with E-state index in [9.17, 15) is 4.79 Å². The third-order valence-corrected chi connectivity index (χ3v) is 2.02. The molecular formula is C10H10N4O2. The van der Waals surface area contributed by atoms with E-state index in [1.165, 1.54) is 4.68 Å². The second kappa shape index (κ2) is 4.52. The van der Waals surface area contributed by atoms with Gasteiger partial charge in [0, 0.05) is 25.0 Å². The van der Waals surface area contributed by atoms with Crippen molar-refractivity contribution < 1.29 is 9.90 Å². The van der Waals surface area contributed by atoms with Crippen molar-refractivity contribution in [3.8, 4) is 5.95 Å². The van der Waals surface area contributed by atoms with Crippen molar-refractivity contribution in [3.63, 3.8) is 0 Å². The Bertz CT molecular complexity index is 481. The van der Waals surface area contributed by atoms with Gasteiger partial charge in [0.25, 0.3) is 0 Å². The number of aromatic nitrogens is 4. The van der Waals surface area contributed by atoms with E-state index in [0.717, 1.165) is 5.56 Å². The van der Waals surface area contributed by atoms with Crippen molar-refractivity contribution >= 4 is 5.97 Å². The Balaban J connectivity index is 2.11. The van der Waals surface area contributed by atoms with Crippen molar-refractivity contribution in [2.45, 2.75) is 12.8 Å². The smallest absolute Gasteiger partial charge is 0.303 e. The number of carbonyl (C=O) groups is 1. The molecule has 2 aromatic heterocycles. The lowest BCUT2D eigenvalue weighted by molar-refractivity contribution is -0.136. The van der Waals surface area contributed by atoms with Gasteiger partial charge in [-0.1, -0.05) is 0 Å². The van der Waals surface area contributed by atoms with Gasteiger partial charge in [0.05, 0.1) is 6.20 Å². The summed E-state index contributed by atoms with van der Waals surface area (Å²) >= 11 is 0. The van der Waals surface area contributed by atoms with Crippen molar-refractivity contribution in [1.29, 1.82) is 0 Å². The standard InChI is InChI=1S/C10H10N4O2/c15-9(16)3-2-8-6-13-14(7-8)10-11-4-1-5-12-10/h1,4-7H,2-3H2,(H,15,16). The third-order valence-electron chi connectivity index (χ3n) is 2.02. The van der Waals surface area contributed by atoms with Gasteiger partial charge < -0.3 is 5.11 Å². The van der Waals surface area contributed by atoms with E-state index in [4.69, 9.17) is 5.11 Å². The van der Waals surface area contributed by atoms with Crippen LogP contribution in [0.3, 0.4) is 0 Å². The van der Waals surface area contributed by atoms with Crippen molar-refractivity contribution in [2.24, 2.45) is 0 Å². The van der Waals surface area contributed by atoms with Gasteiger partial charge in [-0.15, -0.1) is 0 Å². The van der Waals surface area contributed by atoms with Crippen LogP contribution in [0.5, 0.6) is 0 Å². The van der Waals surface area contributed by atoms with E-state index in [2.05, 4.69) is 15.1 Å². The summed E-state index contributed by atoms with van der Waals surface area (Å²) in [6.45, 7) is 0. The van der Waals surface area contributed by atoms with E-state index >= 15 is 0 Å². The highest BCUT2D eigenvalue weighted by molar-refractivity contribution is 5.67. The molecule has 2 rings (SSSR count). The molecule has 0 aliphatic carbocycles. The third kappa shape index (κ3) is 2.41. The van der Waals surface area contributed by atoms with Gasteiger partial charge in [-0.25, -0.2) is 14.6 Å². The first-order valence-corrected chi connectivity index (χ1v) is 4.78. The summed E-state index contributed by atoms with van der Waals surface area (Å²) in [5.41, 5.74) is 0.856. The number of nitrogens with zero attached hydrogens (tertiary/aromatic N) is 4. The van der Waals surface area contributed by atoms with Crippen molar-refractivity contribution in [2.75, 3.05) is 0 Å². The molecule has 6 nitrogen and oxygen atoms in total. The van der Waals surface area contributed by atoms with Crippen LogP contribution in [-0.4, -0.2) is 30.8 Å². The fraction of sp³-hybridized carbons (Fsp3) is 0.200. The average Bonchev–Trinajstić information content (AvgIpc) is 2.76. The number of hydrogen-bond donors (Lipinski definition) is 1. The van der Waals surface area contributed by atoms with Crippen LogP contribution in [-0.2, 0) is 11.2 Å². The summed E-state index contributed by atoms with van der Waals surface area (Å²) in [5.74, 6) is -0.340. The van der Waals surface area contributed by atoms with Crippen LogP contribution in [0.15, 0.2) is 30.9 Å². The quantitative estimate of drug-likeness (QED) is 0.816. The van der Waals surface area contributed by atoms with Crippen molar-refractivity contribution in [1.82, 2.24) is 19.7 Å². The maximum absolute atomic E-state index is 10.4. The Labute approximate surface area is 91.6 Å². The van der Waals surface area contributed by atoms with E-state index < -0.39 is 5.97 Å². The molecule has 0 radical (unpaired) electrons. The summed E-state index contributed by atoms with van der Waals surface area (Å²) < 4.78 is 1.52. The van der Waals surface area contributed by atoms with Gasteiger partial charge in [-0.3, -0.25) is 4.79 Å². The molecule has 2 heterocycles. The molecule has 82 valence electrons. The van der Waals surface area contributed by atoms with E-state index in [-0.39, 0.29) is 6.42 Å². The fourth-order valence-electron chi connectivity index (χ4n) is 1.26. The maximum atomic E-state index is 10.4. The van der Waals surface area contributed by atoms with E-state index in [1.54, 1.807) is 30.9 Å². The van der Waals surface area contributed by atoms with Gasteiger partial charge in [0.15, 0.2) is 0 Å². The van der Waals surface area contributed by atoms with Crippen LogP contribution in [0.25, 0.3) is 5.95 Å². The zero-order valence-corrected chi connectivity index (χ0v) is 8.45. The summed E-state index contributed by atoms with van der Waals surface area (Å²) in [6.07, 6.45) is 7.17. The highest BCUT2D eigenvalue weighted by Gasteiger charge is 2.04. The molecular weight excluding hydrogens is 208 g/mol. The number of hydrogen-bond acceptors (Lipinski definition) is 4. The van der Waals surface area contributed by atoms with E-state index in [0.29, 0.717) is 12.4 Å². The number of aliphatic carboxylic acids is 1. The lowest BCUT2D eigenvalue weighted by Gasteiger charge is -1.96. The predicted molar refractivity (Wildman–Crippen MR) is 55.1 cm³/mol. The number of rotatable bonds is 4. The number of aryl methyl sites for hydroxylation is 1. The molecule has 16 heavy (non-hydrogen) atoms. The van der Waals surface area contributed by atoms with Crippen LogP contribution in [0.2, 0.25) is 0 Å². The molecule has 2 aromatic rings. The Morgan fingerprint density at radius 3 is 2.81 bits per heavy atom. The minimum absolute atomic E-state index is 0.0986. The minimum Gasteiger partial charge on any atom is -0.481 e. The first-order chi connectivity index (χ1) is 7.75. The van der Waals surface area contributed by atoms with Crippen LogP contribution >= 0.6 is 0 Å². The fourth-order valence-corrected chi connectivity index (χ4v) is 1.26. The average molecular weight is 218 g/mol. The van der Waals surface area contributed by atoms with Gasteiger partial charge in [0.1, 0.15) is 0 Å². The summed E-state index contributed by atoms with van der Waals surface area (Å²) in [5, 5.41) is 12.6. The van der Waals surface area contributed by atoms with Crippen LogP contribution in [0.4, 0.5) is 0 Å². The van der Waals surface area contributed by atoms with Gasteiger partial charge in [-0.2, -0.15) is 5.10 Å². The first-order valence-electron chi connectivity index (χ1n) is 4.78. The largest absolute Gasteiger partial charge is 0.481 e. The second-order valence-corrected chi connectivity index (χ2v) is 3.24. The lowest BCUT2D eigenvalue weighted by Crippen LogP contribution is -2.00. The molecule has 0 saturated heterocycles. The Kier molecular flexibility index (Phi) is 2.90. The number of carboxylic acids is 1. The van der Waals surface area contributed by atoms with Crippen LogP contribution in [0.1, 0.15) is 12.0 Å². The lowest BCUT2D eigenvalue weighted by atomic mass is 10.2. The Morgan fingerprint density at radius 1 is 1.38 bits per heavy atom. The van der Waals surface area contributed by atoms with Crippen LogP contribution in [0, 0.1) is 0 Å². The first kappa shape index (κ1) is 10.3. The maximum Gasteiger partial charge on any atom is 0.303 e. The molecule has 6 heteroatoms. The molecule has 0 bridgehead atoms. The zero-order valence-electron chi connectivity index (χ0n) is 8.45. The molecule has 0 aromatic carbocycles. The molecule has 0 spiro atoms. The second-order valence-electron chi connectivity index (χ2n) is 3.24. The molecule has 0 aliphatic rings. The monoisotopic (exact) mass is 218 g/mol. The van der Waals surface area contributed by atoms with Crippen molar-refractivity contribution in [3.05, 3.63) is 36.4 Å². The molecule has 1 N–H and O–H groups in total. The predicted octanol–water partition coefficient (Wildman–Crippen LogP) is 0.679. The molecule has 0 fully saturated rings. The van der Waals surface area contributed by atoms with Gasteiger partial charge in [-0.05, 0) is 18.1 Å².